The zero-order chi connectivity index (χ0) is 18.5. The van der Waals surface area contributed by atoms with E-state index in [2.05, 4.69) is 5.32 Å². The van der Waals surface area contributed by atoms with Gasteiger partial charge in [-0.15, -0.1) is 0 Å². The van der Waals surface area contributed by atoms with Crippen molar-refractivity contribution in [2.75, 3.05) is 11.9 Å². The number of benzene rings is 1. The minimum atomic E-state index is -0.867. The first-order chi connectivity index (χ1) is 12.0. The Balaban J connectivity index is 2.31. The quantitative estimate of drug-likeness (QED) is 0.470. The van der Waals surface area contributed by atoms with E-state index in [1.54, 1.807) is 24.3 Å². The molecule has 7 heteroatoms. The Bertz CT molecular complexity index is 572. The molecule has 25 heavy (non-hydrogen) atoms. The first-order valence-electron chi connectivity index (χ1n) is 8.44. The fourth-order valence-electron chi connectivity index (χ4n) is 2.23. The molecule has 0 saturated carbocycles. The van der Waals surface area contributed by atoms with E-state index in [4.69, 9.17) is 14.9 Å². The fraction of sp³-hybridized carbons (Fsp3) is 0.500. The van der Waals surface area contributed by atoms with Crippen LogP contribution in [0.25, 0.3) is 0 Å². The Hall–Kier alpha value is -2.57. The SMILES string of the molecule is O=C(O)CCCCCCC(=O)Nc1ccccc1OCCCC(=O)O. The summed E-state index contributed by atoms with van der Waals surface area (Å²) in [7, 11) is 0. The molecule has 0 radical (unpaired) electrons. The van der Waals surface area contributed by atoms with Gasteiger partial charge in [-0.1, -0.05) is 25.0 Å². The summed E-state index contributed by atoms with van der Waals surface area (Å²) in [5, 5.41) is 19.9. The molecule has 0 heterocycles. The predicted molar refractivity (Wildman–Crippen MR) is 92.8 cm³/mol. The lowest BCUT2D eigenvalue weighted by Gasteiger charge is -2.12. The van der Waals surface area contributed by atoms with Crippen molar-refractivity contribution in [2.45, 2.75) is 51.4 Å². The van der Waals surface area contributed by atoms with Gasteiger partial charge < -0.3 is 20.3 Å². The van der Waals surface area contributed by atoms with E-state index in [0.29, 0.717) is 37.1 Å². The lowest BCUT2D eigenvalue weighted by atomic mass is 10.1. The van der Waals surface area contributed by atoms with Crippen LogP contribution in [0.1, 0.15) is 51.4 Å². The summed E-state index contributed by atoms with van der Waals surface area (Å²) >= 11 is 0. The third-order valence-electron chi connectivity index (χ3n) is 3.50. The number of rotatable bonds is 13. The van der Waals surface area contributed by atoms with Crippen LogP contribution in [0.15, 0.2) is 24.3 Å². The zero-order valence-corrected chi connectivity index (χ0v) is 14.2. The van der Waals surface area contributed by atoms with Crippen LogP contribution in [0.4, 0.5) is 5.69 Å². The van der Waals surface area contributed by atoms with Gasteiger partial charge >= 0.3 is 11.9 Å². The third-order valence-corrected chi connectivity index (χ3v) is 3.50. The van der Waals surface area contributed by atoms with Crippen LogP contribution in [-0.4, -0.2) is 34.7 Å². The second kappa shape index (κ2) is 11.9. The highest BCUT2D eigenvalue weighted by Gasteiger charge is 2.08. The molecule has 1 amide bonds. The van der Waals surface area contributed by atoms with Gasteiger partial charge in [0.1, 0.15) is 5.75 Å². The summed E-state index contributed by atoms with van der Waals surface area (Å²) in [6, 6.07) is 7.02. The fourth-order valence-corrected chi connectivity index (χ4v) is 2.23. The number of aliphatic carboxylic acids is 2. The summed E-state index contributed by atoms with van der Waals surface area (Å²) in [4.78, 5) is 32.9. The van der Waals surface area contributed by atoms with E-state index in [0.717, 1.165) is 12.8 Å². The summed E-state index contributed by atoms with van der Waals surface area (Å²) in [5.41, 5.74) is 0.564. The highest BCUT2D eigenvalue weighted by Crippen LogP contribution is 2.24. The number of carboxylic acid groups (broad SMARTS) is 2. The topological polar surface area (TPSA) is 113 Å². The largest absolute Gasteiger partial charge is 0.491 e. The van der Waals surface area contributed by atoms with Gasteiger partial charge in [0.15, 0.2) is 0 Å². The molecule has 7 nitrogen and oxygen atoms in total. The van der Waals surface area contributed by atoms with E-state index < -0.39 is 11.9 Å². The number of hydrogen-bond donors (Lipinski definition) is 3. The van der Waals surface area contributed by atoms with Crippen molar-refractivity contribution in [1.82, 2.24) is 0 Å². The Morgan fingerprint density at radius 3 is 2.12 bits per heavy atom. The van der Waals surface area contributed by atoms with Crippen molar-refractivity contribution in [3.05, 3.63) is 24.3 Å². The maximum Gasteiger partial charge on any atom is 0.303 e. The maximum atomic E-state index is 12.0. The molecule has 1 aromatic rings. The number of para-hydroxylation sites is 2. The van der Waals surface area contributed by atoms with Crippen molar-refractivity contribution in [1.29, 1.82) is 0 Å². The third kappa shape index (κ3) is 10.0. The number of carboxylic acids is 2. The molecule has 0 unspecified atom stereocenters. The smallest absolute Gasteiger partial charge is 0.303 e. The Morgan fingerprint density at radius 2 is 1.44 bits per heavy atom. The molecule has 0 aromatic heterocycles. The van der Waals surface area contributed by atoms with Crippen LogP contribution >= 0.6 is 0 Å². The number of hydrogen-bond acceptors (Lipinski definition) is 4. The van der Waals surface area contributed by atoms with E-state index in [1.807, 2.05) is 0 Å². The number of ether oxygens (including phenoxy) is 1. The number of amides is 1. The summed E-state index contributed by atoms with van der Waals surface area (Å²) in [6.07, 6.45) is 3.90. The number of nitrogens with one attached hydrogen (secondary N) is 1. The lowest BCUT2D eigenvalue weighted by Crippen LogP contribution is -2.12. The lowest BCUT2D eigenvalue weighted by molar-refractivity contribution is -0.138. The van der Waals surface area contributed by atoms with Gasteiger partial charge in [-0.2, -0.15) is 0 Å². The van der Waals surface area contributed by atoms with Crippen molar-refractivity contribution in [2.24, 2.45) is 0 Å². The molecule has 0 aliphatic heterocycles. The average Bonchev–Trinajstić information content (AvgIpc) is 2.55. The van der Waals surface area contributed by atoms with Gasteiger partial charge in [-0.05, 0) is 31.4 Å². The molecule has 1 rings (SSSR count). The molecule has 0 bridgehead atoms. The normalized spacial score (nSPS) is 10.2. The molecule has 1 aromatic carbocycles. The van der Waals surface area contributed by atoms with Crippen LogP contribution in [-0.2, 0) is 14.4 Å². The van der Waals surface area contributed by atoms with E-state index in [1.165, 1.54) is 0 Å². The second-order valence-electron chi connectivity index (χ2n) is 5.70. The van der Waals surface area contributed by atoms with Gasteiger partial charge in [-0.25, -0.2) is 0 Å². The molecule has 0 spiro atoms. The van der Waals surface area contributed by atoms with Gasteiger partial charge in [-0.3, -0.25) is 14.4 Å². The molecule has 0 saturated heterocycles. The number of carbonyl (C=O) groups is 3. The molecular weight excluding hydrogens is 326 g/mol. The minimum absolute atomic E-state index is 0.0381. The summed E-state index contributed by atoms with van der Waals surface area (Å²) in [6.45, 7) is 0.267. The van der Waals surface area contributed by atoms with Gasteiger partial charge in [0.25, 0.3) is 0 Å². The van der Waals surface area contributed by atoms with Crippen molar-refractivity contribution in [3.8, 4) is 5.75 Å². The molecule has 0 fully saturated rings. The maximum absolute atomic E-state index is 12.0. The number of anilines is 1. The predicted octanol–water partition coefficient (Wildman–Crippen LogP) is 3.29. The van der Waals surface area contributed by atoms with Crippen molar-refractivity contribution in [3.63, 3.8) is 0 Å². The zero-order valence-electron chi connectivity index (χ0n) is 14.2. The van der Waals surface area contributed by atoms with E-state index >= 15 is 0 Å². The Morgan fingerprint density at radius 1 is 0.840 bits per heavy atom. The molecule has 0 aliphatic carbocycles. The Kier molecular flexibility index (Phi) is 9.74. The number of unbranched alkanes of at least 4 members (excludes halogenated alkanes) is 3. The highest BCUT2D eigenvalue weighted by molar-refractivity contribution is 5.92. The number of carbonyl (C=O) groups excluding carboxylic acids is 1. The summed E-state index contributed by atoms with van der Waals surface area (Å²) < 4.78 is 5.53. The van der Waals surface area contributed by atoms with E-state index in [9.17, 15) is 14.4 Å². The van der Waals surface area contributed by atoms with Crippen LogP contribution in [0.3, 0.4) is 0 Å². The van der Waals surface area contributed by atoms with E-state index in [-0.39, 0.29) is 25.4 Å². The molecular formula is C18H25NO6. The Labute approximate surface area is 147 Å². The average molecular weight is 351 g/mol. The minimum Gasteiger partial charge on any atom is -0.491 e. The van der Waals surface area contributed by atoms with Crippen molar-refractivity contribution < 1.29 is 29.3 Å². The van der Waals surface area contributed by atoms with Crippen LogP contribution in [0.2, 0.25) is 0 Å². The second-order valence-corrected chi connectivity index (χ2v) is 5.70. The van der Waals surface area contributed by atoms with Gasteiger partial charge in [0.05, 0.1) is 12.3 Å². The van der Waals surface area contributed by atoms with Crippen LogP contribution in [0.5, 0.6) is 5.75 Å². The van der Waals surface area contributed by atoms with Gasteiger partial charge in [0, 0.05) is 19.3 Å². The molecule has 138 valence electrons. The van der Waals surface area contributed by atoms with Crippen LogP contribution < -0.4 is 10.1 Å². The monoisotopic (exact) mass is 351 g/mol. The van der Waals surface area contributed by atoms with Gasteiger partial charge in [0.2, 0.25) is 5.91 Å². The first-order valence-corrected chi connectivity index (χ1v) is 8.44. The standard InChI is InChI=1S/C18H25NO6/c20-16(10-3-1-2-4-11-17(21)22)19-14-8-5-6-9-15(14)25-13-7-12-18(23)24/h5-6,8-9H,1-4,7,10-13H2,(H,19,20)(H,21,22)(H,23,24). The molecule has 0 aliphatic rings. The summed E-state index contributed by atoms with van der Waals surface area (Å²) in [5.74, 6) is -1.27. The van der Waals surface area contributed by atoms with Crippen molar-refractivity contribution >= 4 is 23.5 Å². The highest BCUT2D eigenvalue weighted by atomic mass is 16.5. The molecule has 3 N–H and O–H groups in total. The first kappa shape index (κ1) is 20.5. The van der Waals surface area contributed by atoms with Crippen LogP contribution in [0, 0.1) is 0 Å². The molecule has 0 atom stereocenters.